The molecule has 0 saturated carbocycles. The Labute approximate surface area is 175 Å². The van der Waals surface area contributed by atoms with Gasteiger partial charge in [0.1, 0.15) is 0 Å². The van der Waals surface area contributed by atoms with Crippen LogP contribution in [0.5, 0.6) is 0 Å². The molecule has 0 aliphatic heterocycles. The second kappa shape index (κ2) is 7.64. The fourth-order valence-corrected chi connectivity index (χ4v) is 8.88. The van der Waals surface area contributed by atoms with Crippen molar-refractivity contribution < 1.29 is 0 Å². The zero-order valence-corrected chi connectivity index (χ0v) is 18.7. The van der Waals surface area contributed by atoms with E-state index in [1.807, 2.05) is 11.3 Å². The molecule has 4 aromatic carbocycles. The van der Waals surface area contributed by atoms with Crippen LogP contribution in [0.1, 0.15) is 0 Å². The Balaban J connectivity index is 1.70. The van der Waals surface area contributed by atoms with Gasteiger partial charge in [-0.3, -0.25) is 0 Å². The van der Waals surface area contributed by atoms with Crippen LogP contribution in [-0.2, 0) is 0 Å². The molecule has 0 amide bonds. The molecule has 0 aliphatic rings. The predicted molar refractivity (Wildman–Crippen MR) is 122 cm³/mol. The normalized spacial score (nSPS) is 11.3. The third-order valence-electron chi connectivity index (χ3n) is 4.39. The summed E-state index contributed by atoms with van der Waals surface area (Å²) in [5, 5.41) is 2.96. The summed E-state index contributed by atoms with van der Waals surface area (Å²) in [5.74, 6) is 0. The molecule has 0 atom stereocenters. The van der Waals surface area contributed by atoms with Gasteiger partial charge in [0.25, 0.3) is 0 Å². The third-order valence-corrected chi connectivity index (χ3v) is 9.99. The fraction of sp³-hybridized carbons (Fsp3) is 0. The average molecular weight is 494 g/mol. The van der Waals surface area contributed by atoms with Crippen molar-refractivity contribution in [3.63, 3.8) is 0 Å². The summed E-state index contributed by atoms with van der Waals surface area (Å²) in [6.07, 6.45) is 0. The molecule has 0 aliphatic carbocycles. The molecule has 0 saturated heterocycles. The first kappa shape index (κ1) is 17.3. The van der Waals surface area contributed by atoms with Crippen molar-refractivity contribution in [1.82, 2.24) is 0 Å². The van der Waals surface area contributed by atoms with Crippen LogP contribution in [-0.4, -0.2) is 29.9 Å². The zero-order chi connectivity index (χ0) is 18.1. The summed E-state index contributed by atoms with van der Waals surface area (Å²) >= 11 is 2.57. The van der Waals surface area contributed by atoms with Gasteiger partial charge < -0.3 is 0 Å². The topological polar surface area (TPSA) is 0 Å². The number of fused-ring (bicyclic) bond motifs is 3. The van der Waals surface area contributed by atoms with Gasteiger partial charge in [-0.1, -0.05) is 0 Å². The molecule has 0 spiro atoms. The predicted octanol–water partition coefficient (Wildman–Crippen LogP) is 3.36. The van der Waals surface area contributed by atoms with Gasteiger partial charge in [0.05, 0.1) is 0 Å². The Kier molecular flexibility index (Phi) is 4.88. The molecule has 1 heterocycles. The Morgan fingerprint density at radius 3 is 1.33 bits per heavy atom. The molecule has 1 aromatic heterocycles. The number of rotatable bonds is 4. The zero-order valence-electron chi connectivity index (χ0n) is 14.5. The first-order chi connectivity index (χ1) is 13.4. The van der Waals surface area contributed by atoms with Crippen molar-refractivity contribution in [2.75, 3.05) is 0 Å². The van der Waals surface area contributed by atoms with Crippen LogP contribution in [0.3, 0.4) is 0 Å². The van der Waals surface area contributed by atoms with Crippen LogP contribution in [0.15, 0.2) is 97.1 Å². The van der Waals surface area contributed by atoms with Gasteiger partial charge in [-0.25, -0.2) is 0 Å². The fourth-order valence-electron chi connectivity index (χ4n) is 3.20. The summed E-state index contributed by atoms with van der Waals surface area (Å²) in [6, 6.07) is 35.4. The Morgan fingerprint density at radius 2 is 0.889 bits per heavy atom. The summed E-state index contributed by atoms with van der Waals surface area (Å²) in [7, 11) is 0. The molecular formula is C24H16SSe2. The molecule has 0 unspecified atom stereocenters. The first-order valence-electron chi connectivity index (χ1n) is 8.78. The number of hydrogen-bond acceptors (Lipinski definition) is 1. The van der Waals surface area contributed by atoms with E-state index in [0.29, 0.717) is 29.9 Å². The van der Waals surface area contributed by atoms with Gasteiger partial charge in [-0.2, -0.15) is 0 Å². The maximum atomic E-state index is 2.33. The molecule has 5 aromatic rings. The van der Waals surface area contributed by atoms with E-state index in [1.165, 1.54) is 38.0 Å². The Bertz CT molecular complexity index is 1120. The molecule has 130 valence electrons. The first-order valence-corrected chi connectivity index (χ1v) is 13.0. The second-order valence-electron chi connectivity index (χ2n) is 6.19. The standard InChI is InChI=1S/C24H16SSe2/c1-3-9-17(10-4-1)26-21-15-7-13-19-23(21)24-20(25-19)14-8-16-22(24)27-18-11-5-2-6-12-18/h1-16H. The van der Waals surface area contributed by atoms with Crippen molar-refractivity contribution in [1.29, 1.82) is 0 Å². The summed E-state index contributed by atoms with van der Waals surface area (Å²) in [4.78, 5) is 0. The van der Waals surface area contributed by atoms with E-state index in [4.69, 9.17) is 0 Å². The molecule has 0 radical (unpaired) electrons. The van der Waals surface area contributed by atoms with Crippen molar-refractivity contribution in [3.8, 4) is 0 Å². The van der Waals surface area contributed by atoms with Gasteiger partial charge in [-0.15, -0.1) is 0 Å². The Hall–Kier alpha value is -1.86. The summed E-state index contributed by atoms with van der Waals surface area (Å²) in [5.41, 5.74) is 0. The molecular weight excluding hydrogens is 478 g/mol. The summed E-state index contributed by atoms with van der Waals surface area (Å²) in [6.45, 7) is 0. The van der Waals surface area contributed by atoms with Crippen LogP contribution in [0.25, 0.3) is 20.2 Å². The van der Waals surface area contributed by atoms with E-state index in [-0.39, 0.29) is 0 Å². The number of benzene rings is 4. The average Bonchev–Trinajstić information content (AvgIpc) is 3.10. The quantitative estimate of drug-likeness (QED) is 0.337. The third kappa shape index (κ3) is 3.50. The molecule has 0 nitrogen and oxygen atoms in total. The van der Waals surface area contributed by atoms with Crippen molar-refractivity contribution in [3.05, 3.63) is 97.1 Å². The van der Waals surface area contributed by atoms with E-state index >= 15 is 0 Å². The Morgan fingerprint density at radius 1 is 0.444 bits per heavy atom. The van der Waals surface area contributed by atoms with Crippen molar-refractivity contribution in [2.24, 2.45) is 0 Å². The van der Waals surface area contributed by atoms with Crippen molar-refractivity contribution >= 4 is 79.3 Å². The van der Waals surface area contributed by atoms with Gasteiger partial charge in [0.15, 0.2) is 0 Å². The number of hydrogen-bond donors (Lipinski definition) is 0. The van der Waals surface area contributed by atoms with Gasteiger partial charge in [0.2, 0.25) is 0 Å². The van der Waals surface area contributed by atoms with Crippen LogP contribution < -0.4 is 17.8 Å². The van der Waals surface area contributed by atoms with Gasteiger partial charge in [-0.05, 0) is 0 Å². The molecule has 27 heavy (non-hydrogen) atoms. The van der Waals surface area contributed by atoms with Crippen LogP contribution in [0, 0.1) is 0 Å². The van der Waals surface area contributed by atoms with Crippen LogP contribution in [0.2, 0.25) is 0 Å². The minimum absolute atomic E-state index is 0.321. The van der Waals surface area contributed by atoms with E-state index < -0.39 is 0 Å². The number of thiophene rings is 1. The van der Waals surface area contributed by atoms with Crippen LogP contribution >= 0.6 is 11.3 Å². The SMILES string of the molecule is c1ccc([Se]c2cccc3sc4cccc([Se]c5ccccc5)c4c23)cc1. The van der Waals surface area contributed by atoms with E-state index in [0.717, 1.165) is 0 Å². The molecule has 3 heteroatoms. The maximum absolute atomic E-state index is 2.33. The van der Waals surface area contributed by atoms with E-state index in [9.17, 15) is 0 Å². The minimum atomic E-state index is 0.321. The summed E-state index contributed by atoms with van der Waals surface area (Å²) < 4.78 is 8.68. The molecule has 0 bridgehead atoms. The van der Waals surface area contributed by atoms with E-state index in [2.05, 4.69) is 97.1 Å². The van der Waals surface area contributed by atoms with E-state index in [1.54, 1.807) is 0 Å². The van der Waals surface area contributed by atoms with Gasteiger partial charge in [0, 0.05) is 0 Å². The van der Waals surface area contributed by atoms with Crippen molar-refractivity contribution in [2.45, 2.75) is 0 Å². The monoisotopic (exact) mass is 496 g/mol. The van der Waals surface area contributed by atoms with Gasteiger partial charge >= 0.3 is 176 Å². The second-order valence-corrected chi connectivity index (χ2v) is 12.0. The van der Waals surface area contributed by atoms with Crippen LogP contribution in [0.4, 0.5) is 0 Å². The molecule has 0 N–H and O–H groups in total. The molecule has 5 rings (SSSR count). The molecule has 0 fully saturated rings.